The summed E-state index contributed by atoms with van der Waals surface area (Å²) >= 11 is 5.93. The number of nitrogens with zero attached hydrogens (tertiary/aromatic N) is 4. The number of carbonyl (C=O) groups excluding carboxylic acids is 3. The zero-order valence-corrected chi connectivity index (χ0v) is 22.5. The molecule has 1 saturated heterocycles. The fourth-order valence-electron chi connectivity index (χ4n) is 4.18. The number of pyridine rings is 1. The van der Waals surface area contributed by atoms with Crippen molar-refractivity contribution in [1.29, 1.82) is 0 Å². The van der Waals surface area contributed by atoms with Crippen LogP contribution in [0.2, 0.25) is 5.02 Å². The maximum Gasteiger partial charge on any atom is 0.318 e. The van der Waals surface area contributed by atoms with Crippen molar-refractivity contribution in [3.05, 3.63) is 69.9 Å². The Hall–Kier alpha value is -4.24. The van der Waals surface area contributed by atoms with Crippen LogP contribution in [0.25, 0.3) is 0 Å². The van der Waals surface area contributed by atoms with Gasteiger partial charge in [0, 0.05) is 13.3 Å². The third kappa shape index (κ3) is 6.92. The molecule has 0 saturated carbocycles. The molecule has 3 aromatic rings. The van der Waals surface area contributed by atoms with Crippen LogP contribution in [0.15, 0.2) is 41.2 Å². The number of carbonyl (C=O) groups is 3. The Morgan fingerprint density at radius 2 is 2.02 bits per heavy atom. The third-order valence-electron chi connectivity index (χ3n) is 6.20. The van der Waals surface area contributed by atoms with Gasteiger partial charge in [0.25, 0.3) is 17.7 Å². The Bertz CT molecular complexity index is 1440. The summed E-state index contributed by atoms with van der Waals surface area (Å²) in [5, 5.41) is 14.2. The van der Waals surface area contributed by atoms with Gasteiger partial charge < -0.3 is 25.6 Å². The molecule has 4 amide bonds. The van der Waals surface area contributed by atoms with E-state index in [2.05, 4.69) is 35.9 Å². The molecule has 0 aliphatic carbocycles. The number of amides is 4. The van der Waals surface area contributed by atoms with Gasteiger partial charge in [-0.15, -0.1) is 0 Å². The molecule has 0 unspecified atom stereocenters. The van der Waals surface area contributed by atoms with Gasteiger partial charge in [0.2, 0.25) is 0 Å². The Morgan fingerprint density at radius 3 is 2.73 bits per heavy atom. The molecule has 1 fully saturated rings. The second kappa shape index (κ2) is 12.5. The molecule has 1 aliphatic rings. The molecule has 3 N–H and O–H groups in total. The highest BCUT2D eigenvalue weighted by molar-refractivity contribution is 6.30. The highest BCUT2D eigenvalue weighted by Gasteiger charge is 2.42. The minimum Gasteiger partial charge on any atom is -0.382 e. The number of rotatable bonds is 10. The first-order chi connectivity index (χ1) is 19.5. The van der Waals surface area contributed by atoms with E-state index in [1.54, 1.807) is 6.92 Å². The maximum absolute atomic E-state index is 14.1. The van der Waals surface area contributed by atoms with Crippen LogP contribution in [0.3, 0.4) is 0 Å². The molecule has 1 aliphatic heterocycles. The van der Waals surface area contributed by atoms with Gasteiger partial charge in [0.05, 0.1) is 30.8 Å². The standard InChI is InChI=1S/C25H25ClF3N7O5/c1-3-17-21(35-41-34-17)23(38)33-20(14-4-5-16(27)15(26)8-14)22(37)32-19-9-13(6-7-30-19)18(10-40-2)36-12-25(28,29)11-31-24(36)39/h4-9,18,20H,3,10-12H2,1-2H3,(H,31,39)(H,33,38)(H,30,32,37)/t18-,20+/m1/s1. The van der Waals surface area contributed by atoms with E-state index in [1.165, 1.54) is 37.6 Å². The molecule has 1 aromatic carbocycles. The molecule has 0 radical (unpaired) electrons. The number of anilines is 1. The van der Waals surface area contributed by atoms with E-state index < -0.39 is 54.8 Å². The Morgan fingerprint density at radius 1 is 1.24 bits per heavy atom. The van der Waals surface area contributed by atoms with Crippen molar-refractivity contribution in [3.63, 3.8) is 0 Å². The van der Waals surface area contributed by atoms with E-state index >= 15 is 0 Å². The molecule has 41 heavy (non-hydrogen) atoms. The number of hydrogen-bond acceptors (Lipinski definition) is 8. The van der Waals surface area contributed by atoms with Gasteiger partial charge in [0.15, 0.2) is 5.69 Å². The summed E-state index contributed by atoms with van der Waals surface area (Å²) in [6.45, 7) is -0.0269. The fourth-order valence-corrected chi connectivity index (χ4v) is 4.37. The first-order valence-electron chi connectivity index (χ1n) is 12.3. The molecule has 0 bridgehead atoms. The van der Waals surface area contributed by atoms with Crippen molar-refractivity contribution in [2.24, 2.45) is 0 Å². The van der Waals surface area contributed by atoms with Crippen molar-refractivity contribution < 1.29 is 36.9 Å². The van der Waals surface area contributed by atoms with Crippen LogP contribution in [-0.2, 0) is 16.0 Å². The summed E-state index contributed by atoms with van der Waals surface area (Å²) in [4.78, 5) is 43.9. The smallest absolute Gasteiger partial charge is 0.318 e. The molecular formula is C25H25ClF3N7O5. The predicted octanol–water partition coefficient (Wildman–Crippen LogP) is 3.28. The van der Waals surface area contributed by atoms with Gasteiger partial charge in [-0.1, -0.05) is 29.7 Å². The maximum atomic E-state index is 14.1. The summed E-state index contributed by atoms with van der Waals surface area (Å²) in [7, 11) is 1.35. The van der Waals surface area contributed by atoms with Crippen molar-refractivity contribution in [2.45, 2.75) is 31.4 Å². The molecule has 3 heterocycles. The molecule has 2 atom stereocenters. The Balaban J connectivity index is 1.62. The van der Waals surface area contributed by atoms with Crippen molar-refractivity contribution in [2.75, 3.05) is 32.1 Å². The zero-order chi connectivity index (χ0) is 29.7. The number of methoxy groups -OCH3 is 1. The average Bonchev–Trinajstić information content (AvgIpc) is 3.43. The number of halogens is 4. The SMILES string of the molecule is CCc1nonc1C(=O)N[C@H](C(=O)Nc1cc([C@@H](COC)N2CC(F)(F)CNC2=O)ccn1)c1ccc(F)c(Cl)c1. The lowest BCUT2D eigenvalue weighted by Gasteiger charge is -2.38. The van der Waals surface area contributed by atoms with Gasteiger partial charge in [-0.2, -0.15) is 0 Å². The zero-order valence-electron chi connectivity index (χ0n) is 21.8. The van der Waals surface area contributed by atoms with E-state index in [0.717, 1.165) is 11.0 Å². The van der Waals surface area contributed by atoms with Gasteiger partial charge >= 0.3 is 6.03 Å². The number of hydrogen-bond donors (Lipinski definition) is 3. The van der Waals surface area contributed by atoms with E-state index in [0.29, 0.717) is 12.0 Å². The second-order valence-electron chi connectivity index (χ2n) is 9.07. The topological polar surface area (TPSA) is 152 Å². The van der Waals surface area contributed by atoms with Crippen LogP contribution in [0.1, 0.15) is 46.3 Å². The molecule has 2 aromatic heterocycles. The first-order valence-corrected chi connectivity index (χ1v) is 12.7. The van der Waals surface area contributed by atoms with E-state index in [4.69, 9.17) is 16.3 Å². The van der Waals surface area contributed by atoms with Crippen molar-refractivity contribution in [3.8, 4) is 0 Å². The van der Waals surface area contributed by atoms with Gasteiger partial charge in [-0.3, -0.25) is 9.59 Å². The lowest BCUT2D eigenvalue weighted by molar-refractivity contribution is -0.118. The normalized spacial score (nSPS) is 16.0. The average molecular weight is 596 g/mol. The number of aromatic nitrogens is 3. The monoisotopic (exact) mass is 595 g/mol. The summed E-state index contributed by atoms with van der Waals surface area (Å²) in [6, 6.07) is 3.30. The van der Waals surface area contributed by atoms with Crippen LogP contribution < -0.4 is 16.0 Å². The lowest BCUT2D eigenvalue weighted by Crippen LogP contribution is -2.58. The summed E-state index contributed by atoms with van der Waals surface area (Å²) in [6.07, 6.45) is 1.64. The summed E-state index contributed by atoms with van der Waals surface area (Å²) in [5.74, 6) is -5.51. The van der Waals surface area contributed by atoms with Crippen molar-refractivity contribution in [1.82, 2.24) is 30.8 Å². The molecule has 4 rings (SSSR count). The quantitative estimate of drug-likeness (QED) is 0.323. The number of aryl methyl sites for hydroxylation is 1. The minimum atomic E-state index is -3.16. The number of urea groups is 1. The van der Waals surface area contributed by atoms with Crippen LogP contribution >= 0.6 is 11.6 Å². The second-order valence-corrected chi connectivity index (χ2v) is 9.48. The Kier molecular flexibility index (Phi) is 9.08. The highest BCUT2D eigenvalue weighted by atomic mass is 35.5. The number of benzene rings is 1. The molecule has 218 valence electrons. The molecule has 16 heteroatoms. The van der Waals surface area contributed by atoms with E-state index in [1.807, 2.05) is 0 Å². The van der Waals surface area contributed by atoms with Crippen LogP contribution in [0.5, 0.6) is 0 Å². The van der Waals surface area contributed by atoms with E-state index in [9.17, 15) is 27.6 Å². The van der Waals surface area contributed by atoms with Crippen LogP contribution in [0, 0.1) is 5.82 Å². The van der Waals surface area contributed by atoms with Crippen molar-refractivity contribution >= 4 is 35.3 Å². The number of nitrogens with one attached hydrogen (secondary N) is 3. The molecular weight excluding hydrogens is 571 g/mol. The van der Waals surface area contributed by atoms with E-state index in [-0.39, 0.29) is 34.4 Å². The fraction of sp³-hybridized carbons (Fsp3) is 0.360. The lowest BCUT2D eigenvalue weighted by atomic mass is 10.0. The minimum absolute atomic E-state index is 0.0254. The first kappa shape index (κ1) is 29.7. The third-order valence-corrected chi connectivity index (χ3v) is 6.49. The molecule has 0 spiro atoms. The van der Waals surface area contributed by atoms with Crippen LogP contribution in [-0.4, -0.2) is 70.8 Å². The number of alkyl halides is 2. The van der Waals surface area contributed by atoms with Gasteiger partial charge in [0.1, 0.15) is 23.4 Å². The summed E-state index contributed by atoms with van der Waals surface area (Å²) in [5.41, 5.74) is 0.594. The highest BCUT2D eigenvalue weighted by Crippen LogP contribution is 2.29. The predicted molar refractivity (Wildman–Crippen MR) is 138 cm³/mol. The van der Waals surface area contributed by atoms with Crippen LogP contribution in [0.4, 0.5) is 23.8 Å². The van der Waals surface area contributed by atoms with Gasteiger partial charge in [-0.05, 0) is 47.0 Å². The summed E-state index contributed by atoms with van der Waals surface area (Å²) < 4.78 is 51.9. The Labute approximate surface area is 236 Å². The largest absolute Gasteiger partial charge is 0.382 e. The van der Waals surface area contributed by atoms with Gasteiger partial charge in [-0.25, -0.2) is 27.6 Å². The molecule has 12 nitrogen and oxygen atoms in total. The number of ether oxygens (including phenoxy) is 1.